The minimum Gasteiger partial charge on any atom is -0.372 e. The second-order valence-electron chi connectivity index (χ2n) is 6.45. The van der Waals surface area contributed by atoms with E-state index >= 15 is 0 Å². The van der Waals surface area contributed by atoms with Gasteiger partial charge in [-0.2, -0.15) is 11.3 Å². The summed E-state index contributed by atoms with van der Waals surface area (Å²) in [6, 6.07) is 7.72. The van der Waals surface area contributed by atoms with E-state index in [-0.39, 0.29) is 17.6 Å². The van der Waals surface area contributed by atoms with Crippen molar-refractivity contribution in [2.45, 2.75) is 31.2 Å². The van der Waals surface area contributed by atoms with Gasteiger partial charge >= 0.3 is 0 Å². The molecule has 1 unspecified atom stereocenters. The van der Waals surface area contributed by atoms with E-state index in [0.717, 1.165) is 24.1 Å². The maximum atomic E-state index is 12.3. The van der Waals surface area contributed by atoms with Crippen molar-refractivity contribution in [3.05, 3.63) is 52.5 Å². The van der Waals surface area contributed by atoms with E-state index in [1.54, 1.807) is 17.5 Å². The van der Waals surface area contributed by atoms with Gasteiger partial charge in [0.15, 0.2) is 0 Å². The number of thiophene rings is 1. The van der Waals surface area contributed by atoms with Gasteiger partial charge in [-0.15, -0.1) is 0 Å². The Morgan fingerprint density at radius 1 is 1.42 bits per heavy atom. The first kappa shape index (κ1) is 15.7. The lowest BCUT2D eigenvalue weighted by atomic mass is 9.84. The van der Waals surface area contributed by atoms with Crippen molar-refractivity contribution in [1.82, 2.24) is 9.88 Å². The molecule has 4 heterocycles. The first-order chi connectivity index (χ1) is 11.7. The van der Waals surface area contributed by atoms with Crippen LogP contribution in [-0.4, -0.2) is 47.2 Å². The van der Waals surface area contributed by atoms with Crippen LogP contribution in [-0.2, 0) is 16.1 Å². The quantitative estimate of drug-likeness (QED) is 0.856. The molecule has 1 spiro atoms. The van der Waals surface area contributed by atoms with Gasteiger partial charge < -0.3 is 14.4 Å². The molecule has 0 saturated carbocycles. The number of nitrogens with zero attached hydrogens (tertiary/aromatic N) is 2. The average molecular weight is 344 g/mol. The molecule has 0 aliphatic carbocycles. The normalized spacial score (nSPS) is 22.3. The molecule has 0 bridgehead atoms. The van der Waals surface area contributed by atoms with E-state index in [2.05, 4.69) is 4.98 Å². The summed E-state index contributed by atoms with van der Waals surface area (Å²) in [6.07, 6.45) is 3.68. The summed E-state index contributed by atoms with van der Waals surface area (Å²) in [5.74, 6) is 0.0991. The highest BCUT2D eigenvalue weighted by molar-refractivity contribution is 7.08. The fraction of sp³-hybridized carbons (Fsp3) is 0.444. The molecule has 2 aliphatic rings. The number of carbonyl (C=O) groups excluding carboxylic acids is 1. The minimum absolute atomic E-state index is 0.0991. The van der Waals surface area contributed by atoms with Gasteiger partial charge in [-0.3, -0.25) is 9.78 Å². The molecule has 2 aromatic heterocycles. The lowest BCUT2D eigenvalue weighted by Gasteiger charge is -2.52. The number of amides is 1. The van der Waals surface area contributed by atoms with E-state index in [1.165, 1.54) is 0 Å². The summed E-state index contributed by atoms with van der Waals surface area (Å²) in [5.41, 5.74) is 1.49. The Balaban J connectivity index is 1.30. The zero-order chi connectivity index (χ0) is 16.4. The van der Waals surface area contributed by atoms with Crippen LogP contribution in [0.4, 0.5) is 0 Å². The number of pyridine rings is 1. The van der Waals surface area contributed by atoms with E-state index in [9.17, 15) is 4.79 Å². The SMILES string of the molecule is O=C(c1ccsc1)N1CC2(CC(OCc3ccccn3)CCO2)C1. The molecule has 6 heteroatoms. The zero-order valence-corrected chi connectivity index (χ0v) is 14.2. The molecule has 2 saturated heterocycles. The van der Waals surface area contributed by atoms with Gasteiger partial charge in [0.1, 0.15) is 5.60 Å². The molecule has 4 rings (SSSR count). The maximum Gasteiger partial charge on any atom is 0.254 e. The number of rotatable bonds is 4. The second kappa shape index (κ2) is 6.63. The van der Waals surface area contributed by atoms with Crippen LogP contribution in [0.25, 0.3) is 0 Å². The number of carbonyl (C=O) groups is 1. The van der Waals surface area contributed by atoms with Crippen molar-refractivity contribution in [2.75, 3.05) is 19.7 Å². The highest BCUT2D eigenvalue weighted by atomic mass is 32.1. The highest BCUT2D eigenvalue weighted by Gasteiger charge is 2.49. The highest BCUT2D eigenvalue weighted by Crippen LogP contribution is 2.36. The summed E-state index contributed by atoms with van der Waals surface area (Å²) in [5, 5.41) is 3.83. The van der Waals surface area contributed by atoms with Crippen LogP contribution < -0.4 is 0 Å². The topological polar surface area (TPSA) is 51.7 Å². The molecular weight excluding hydrogens is 324 g/mol. The van der Waals surface area contributed by atoms with Gasteiger partial charge in [-0.1, -0.05) is 6.07 Å². The monoisotopic (exact) mass is 344 g/mol. The standard InChI is InChI=1S/C18H20N2O3S/c21-17(14-5-8-24-11-14)20-12-18(13-20)9-16(4-7-23-18)22-10-15-3-1-2-6-19-15/h1-3,5-6,8,11,16H,4,7,9-10,12-13H2. The molecule has 1 atom stereocenters. The number of ether oxygens (including phenoxy) is 2. The minimum atomic E-state index is -0.223. The van der Waals surface area contributed by atoms with Crippen LogP contribution in [0.3, 0.4) is 0 Å². The Hall–Kier alpha value is -1.76. The van der Waals surface area contributed by atoms with Crippen LogP contribution in [0.1, 0.15) is 28.9 Å². The Kier molecular flexibility index (Phi) is 4.35. The predicted octanol–water partition coefficient (Wildman–Crippen LogP) is 2.73. The van der Waals surface area contributed by atoms with Gasteiger partial charge in [-0.25, -0.2) is 0 Å². The van der Waals surface area contributed by atoms with Crippen molar-refractivity contribution in [1.29, 1.82) is 0 Å². The fourth-order valence-electron chi connectivity index (χ4n) is 3.39. The van der Waals surface area contributed by atoms with E-state index in [0.29, 0.717) is 26.3 Å². The Labute approximate surface area is 145 Å². The van der Waals surface area contributed by atoms with E-state index < -0.39 is 0 Å². The lowest BCUT2D eigenvalue weighted by Crippen LogP contribution is -2.67. The van der Waals surface area contributed by atoms with E-state index in [1.807, 2.05) is 39.9 Å². The van der Waals surface area contributed by atoms with Gasteiger partial charge in [0.2, 0.25) is 0 Å². The smallest absolute Gasteiger partial charge is 0.254 e. The van der Waals surface area contributed by atoms with Crippen molar-refractivity contribution < 1.29 is 14.3 Å². The summed E-state index contributed by atoms with van der Waals surface area (Å²) in [4.78, 5) is 18.5. The predicted molar refractivity (Wildman–Crippen MR) is 91.0 cm³/mol. The molecule has 2 aliphatic heterocycles. The lowest BCUT2D eigenvalue weighted by molar-refractivity contribution is -0.188. The molecule has 5 nitrogen and oxygen atoms in total. The van der Waals surface area contributed by atoms with Gasteiger partial charge in [0, 0.05) is 24.6 Å². The number of aromatic nitrogens is 1. The van der Waals surface area contributed by atoms with Crippen molar-refractivity contribution >= 4 is 17.2 Å². The fourth-order valence-corrected chi connectivity index (χ4v) is 4.02. The van der Waals surface area contributed by atoms with Crippen molar-refractivity contribution in [3.63, 3.8) is 0 Å². The molecule has 0 radical (unpaired) electrons. The molecule has 2 fully saturated rings. The molecular formula is C18H20N2O3S. The molecule has 0 N–H and O–H groups in total. The largest absolute Gasteiger partial charge is 0.372 e. The third-order valence-electron chi connectivity index (χ3n) is 4.65. The van der Waals surface area contributed by atoms with Crippen LogP contribution in [0.2, 0.25) is 0 Å². The van der Waals surface area contributed by atoms with Crippen LogP contribution in [0.5, 0.6) is 0 Å². The summed E-state index contributed by atoms with van der Waals surface area (Å²) >= 11 is 1.55. The Morgan fingerprint density at radius 2 is 2.33 bits per heavy atom. The van der Waals surface area contributed by atoms with Crippen molar-refractivity contribution in [3.8, 4) is 0 Å². The number of hydrogen-bond donors (Lipinski definition) is 0. The maximum absolute atomic E-state index is 12.3. The Bertz CT molecular complexity index is 684. The number of hydrogen-bond acceptors (Lipinski definition) is 5. The third-order valence-corrected chi connectivity index (χ3v) is 5.34. The van der Waals surface area contributed by atoms with Gasteiger partial charge in [-0.05, 0) is 30.0 Å². The molecule has 2 aromatic rings. The van der Waals surface area contributed by atoms with Crippen LogP contribution in [0, 0.1) is 0 Å². The van der Waals surface area contributed by atoms with Gasteiger partial charge in [0.05, 0.1) is 37.1 Å². The first-order valence-electron chi connectivity index (χ1n) is 8.21. The van der Waals surface area contributed by atoms with E-state index in [4.69, 9.17) is 9.47 Å². The van der Waals surface area contributed by atoms with Gasteiger partial charge in [0.25, 0.3) is 5.91 Å². The molecule has 0 aromatic carbocycles. The molecule has 1 amide bonds. The Morgan fingerprint density at radius 3 is 3.08 bits per heavy atom. The molecule has 24 heavy (non-hydrogen) atoms. The summed E-state index contributed by atoms with van der Waals surface area (Å²) < 4.78 is 12.0. The first-order valence-corrected chi connectivity index (χ1v) is 9.15. The number of likely N-dealkylation sites (tertiary alicyclic amines) is 1. The molecule has 126 valence electrons. The third kappa shape index (κ3) is 3.22. The van der Waals surface area contributed by atoms with Crippen LogP contribution >= 0.6 is 11.3 Å². The summed E-state index contributed by atoms with van der Waals surface area (Å²) in [7, 11) is 0. The van der Waals surface area contributed by atoms with Crippen molar-refractivity contribution in [2.24, 2.45) is 0 Å². The second-order valence-corrected chi connectivity index (χ2v) is 7.23. The average Bonchev–Trinajstić information content (AvgIpc) is 3.13. The zero-order valence-electron chi connectivity index (χ0n) is 13.4. The van der Waals surface area contributed by atoms with Crippen LogP contribution in [0.15, 0.2) is 41.2 Å². The summed E-state index contributed by atoms with van der Waals surface area (Å²) in [6.45, 7) is 2.53.